The van der Waals surface area contributed by atoms with E-state index in [4.69, 9.17) is 23.7 Å². The third kappa shape index (κ3) is 27.8. The van der Waals surface area contributed by atoms with Gasteiger partial charge in [0, 0.05) is 6.61 Å². The van der Waals surface area contributed by atoms with Crippen molar-refractivity contribution in [2.45, 2.75) is 163 Å². The van der Waals surface area contributed by atoms with Gasteiger partial charge in [0.05, 0.1) is 68.2 Å². The number of sulfonamides is 1. The maximum absolute atomic E-state index is 13.0. The van der Waals surface area contributed by atoms with Crippen LogP contribution in [0.4, 0.5) is 39.5 Å². The number of ether oxygens (including phenoxy) is 6. The Morgan fingerprint density at radius 2 is 1.27 bits per heavy atom. The molecule has 0 N–H and O–H groups in total. The monoisotopic (exact) mass is 1070 g/mol. The van der Waals surface area contributed by atoms with E-state index in [9.17, 15) is 67.1 Å². The molecule has 2 fully saturated rings. The summed E-state index contributed by atoms with van der Waals surface area (Å²) >= 11 is 0. The summed E-state index contributed by atoms with van der Waals surface area (Å²) < 4.78 is 165. The number of epoxide rings is 1. The zero-order valence-corrected chi connectivity index (χ0v) is 46.1. The van der Waals surface area contributed by atoms with E-state index in [0.29, 0.717) is 64.2 Å². The third-order valence-corrected chi connectivity index (χ3v) is 12.1. The first-order chi connectivity index (χ1) is 31.8. The number of amides is 1. The van der Waals surface area contributed by atoms with Gasteiger partial charge in [-0.05, 0) is 88.7 Å². The van der Waals surface area contributed by atoms with Crippen molar-refractivity contribution >= 4 is 33.8 Å². The number of hydrogen-bond acceptors (Lipinski definition) is 12. The molecule has 24 heteroatoms. The summed E-state index contributed by atoms with van der Waals surface area (Å²) in [4.78, 5) is 45.4. The van der Waals surface area contributed by atoms with Gasteiger partial charge < -0.3 is 37.9 Å². The van der Waals surface area contributed by atoms with Crippen LogP contribution in [-0.2, 0) is 52.8 Å². The fourth-order valence-electron chi connectivity index (χ4n) is 5.41. The minimum Gasteiger partial charge on any atom is -0.534 e. The predicted octanol–water partition coefficient (Wildman–Crippen LogP) is 8.23. The molecular weight excluding hydrogens is 1000 g/mol. The van der Waals surface area contributed by atoms with Crippen LogP contribution in [-0.4, -0.2) is 114 Å². The number of benzene rings is 1. The van der Waals surface area contributed by atoms with E-state index in [-0.39, 0.29) is 86.6 Å². The normalized spacial score (nSPS) is 18.0. The topological polar surface area (TPSA) is 175 Å². The van der Waals surface area contributed by atoms with Crippen molar-refractivity contribution in [1.82, 2.24) is 0 Å². The fraction of sp³-hybridized carbons (Fsp3) is 0.783. The molecule has 13 nitrogen and oxygen atoms in total. The molecule has 1 aromatic carbocycles. The largest absolute Gasteiger partial charge is 1.00 e. The quantitative estimate of drug-likeness (QED) is 0.0243. The van der Waals surface area contributed by atoms with Crippen LogP contribution in [0, 0.1) is 23.2 Å². The number of rotatable bonds is 24. The third-order valence-electron chi connectivity index (χ3n) is 11.2. The van der Waals surface area contributed by atoms with Gasteiger partial charge in [-0.25, -0.2) is 34.8 Å². The number of carbonyl (C=O) groups is 4. The summed E-state index contributed by atoms with van der Waals surface area (Å²) in [5.41, 5.74) is -5.91. The molecule has 0 aromatic heterocycles. The maximum Gasteiger partial charge on any atom is 1.00 e. The molecule has 0 radical (unpaired) electrons. The minimum atomic E-state index is -5.80. The molecule has 70 heavy (non-hydrogen) atoms. The molecule has 0 spiro atoms. The van der Waals surface area contributed by atoms with E-state index in [1.54, 1.807) is 19.1 Å². The van der Waals surface area contributed by atoms with Gasteiger partial charge in [-0.3, -0.25) is 14.4 Å². The molecule has 6 atom stereocenters. The van der Waals surface area contributed by atoms with Crippen molar-refractivity contribution in [2.75, 3.05) is 46.2 Å². The minimum absolute atomic E-state index is 0. The molecule has 1 saturated heterocycles. The Hall–Kier alpha value is -2.06. The van der Waals surface area contributed by atoms with Gasteiger partial charge in [0.1, 0.15) is 6.61 Å². The second-order valence-electron chi connectivity index (χ2n) is 17.3. The van der Waals surface area contributed by atoms with Crippen LogP contribution in [0.2, 0.25) is 0 Å². The number of hydrogen-bond donors (Lipinski definition) is 0. The molecule has 1 aromatic rings. The van der Waals surface area contributed by atoms with Gasteiger partial charge in [0.25, 0.3) is 5.92 Å². The Morgan fingerprint density at radius 1 is 0.743 bits per heavy atom. The van der Waals surface area contributed by atoms with E-state index in [1.807, 2.05) is 48.5 Å². The number of fused-ring (bicyclic) bond motifs is 1. The zero-order valence-electron chi connectivity index (χ0n) is 42.1. The first-order valence-electron chi connectivity index (χ1n) is 22.9. The van der Waals surface area contributed by atoms with Gasteiger partial charge in [-0.15, -0.1) is 0 Å². The van der Waals surface area contributed by atoms with Crippen LogP contribution in [0.3, 0.4) is 0 Å². The summed E-state index contributed by atoms with van der Waals surface area (Å²) in [5, 5.41) is 0. The van der Waals surface area contributed by atoms with Gasteiger partial charge >= 0.3 is 87.1 Å². The van der Waals surface area contributed by atoms with Gasteiger partial charge in [-0.2, -0.15) is 13.2 Å². The Labute approximate surface area is 449 Å². The molecule has 1 saturated carbocycles. The molecule has 1 aliphatic carbocycles. The molecule has 3 rings (SSSR count). The van der Waals surface area contributed by atoms with Crippen LogP contribution < -0.4 is 51.4 Å². The van der Waals surface area contributed by atoms with Gasteiger partial charge in [0.2, 0.25) is 0 Å². The SMILES string of the molecule is CCC(C)(C)C(=O)OCC(F)(F)CC(F)(F)C(F)F.CCC(C)C(=O)OCC1CCC2OC2C1.CCC(C)c1ccc(C(=O)[N-]S(=O)(=O)C(F)(F)F)cc1.CCOCCOCCOC(=O)C(C)CC.[K+]. The smallest absolute Gasteiger partial charge is 0.534 e. The molecule has 402 valence electrons. The van der Waals surface area contributed by atoms with Crippen molar-refractivity contribution in [3.63, 3.8) is 0 Å². The van der Waals surface area contributed by atoms with E-state index >= 15 is 0 Å². The Kier molecular flexibility index (Phi) is 33.7. The Bertz CT molecular complexity index is 1790. The average Bonchev–Trinajstić information content (AvgIpc) is 4.07. The molecule has 2 aliphatic rings. The van der Waals surface area contributed by atoms with Crippen LogP contribution in [0.1, 0.15) is 142 Å². The van der Waals surface area contributed by atoms with Crippen molar-refractivity contribution in [2.24, 2.45) is 23.2 Å². The number of esters is 3. The summed E-state index contributed by atoms with van der Waals surface area (Å²) in [6.45, 7) is 19.7. The standard InChI is InChI=1S/C12H14F3NO3S.C12H20O3.C11H16F6O2.C11H22O4.K/c1-3-8(2)9-4-6-10(7-5-9)11(17)16-20(18,19)12(13,14)15;1-3-8(2)12(13)14-7-9-4-5-10-11(6-9)15-10;1-4-9(2,3)8(18)19-6-10(14,15)5-11(16,17)7(12)13;1-4-10(3)11(12)15-9-8-14-7-6-13-5-2;/h4-8H,3H2,1-2H3,(H,16,17);8-11H,3-7H2,1-2H3;7H,4-6H2,1-3H3;10H,4-9H2,1-3H3;/q;;;;+1/p-1. The van der Waals surface area contributed by atoms with Gasteiger partial charge in [-0.1, -0.05) is 72.7 Å². The van der Waals surface area contributed by atoms with Crippen molar-refractivity contribution in [3.05, 3.63) is 40.1 Å². The van der Waals surface area contributed by atoms with Crippen molar-refractivity contribution < 1.29 is 147 Å². The van der Waals surface area contributed by atoms with Gasteiger partial charge in [0.15, 0.2) is 16.6 Å². The summed E-state index contributed by atoms with van der Waals surface area (Å²) in [7, 11) is -5.80. The second-order valence-corrected chi connectivity index (χ2v) is 18.9. The first-order valence-corrected chi connectivity index (χ1v) is 24.3. The maximum atomic E-state index is 13.0. The fourth-order valence-corrected chi connectivity index (χ4v) is 5.84. The molecule has 1 aliphatic heterocycles. The number of nitrogens with zero attached hydrogens (tertiary/aromatic N) is 1. The zero-order chi connectivity index (χ0) is 53.4. The molecule has 1 amide bonds. The summed E-state index contributed by atoms with van der Waals surface area (Å²) in [6.07, 6.45) is 0.659. The molecule has 6 unspecified atom stereocenters. The molecule has 1 heterocycles. The van der Waals surface area contributed by atoms with Crippen molar-refractivity contribution in [1.29, 1.82) is 0 Å². The number of halogens is 9. The molecular formula is C46H71F9KNO12S. The van der Waals surface area contributed by atoms with Crippen LogP contribution >= 0.6 is 0 Å². The molecule has 0 bridgehead atoms. The Balaban J connectivity index is 0. The van der Waals surface area contributed by atoms with Crippen LogP contribution in [0.15, 0.2) is 24.3 Å². The summed E-state index contributed by atoms with van der Waals surface area (Å²) in [5.74, 6) is -10.9. The van der Waals surface area contributed by atoms with Crippen LogP contribution in [0.25, 0.3) is 4.72 Å². The number of carbonyl (C=O) groups excluding carboxylic acids is 4. The van der Waals surface area contributed by atoms with Crippen molar-refractivity contribution in [3.8, 4) is 0 Å². The van der Waals surface area contributed by atoms with E-state index in [1.165, 1.54) is 26.0 Å². The Morgan fingerprint density at radius 3 is 1.74 bits per heavy atom. The van der Waals surface area contributed by atoms with Crippen LogP contribution in [0.5, 0.6) is 0 Å². The summed E-state index contributed by atoms with van der Waals surface area (Å²) in [6, 6.07) is 5.66. The van der Waals surface area contributed by atoms with E-state index < -0.39 is 64.1 Å². The van der Waals surface area contributed by atoms with E-state index in [2.05, 4.69) is 9.46 Å². The predicted molar refractivity (Wildman–Crippen MR) is 238 cm³/mol. The number of alkyl halides is 9. The first kappa shape index (κ1) is 70.0. The van der Waals surface area contributed by atoms with E-state index in [0.717, 1.165) is 44.1 Å². The average molecular weight is 1070 g/mol. The second kappa shape index (κ2) is 33.7.